The number of nitrogens with one attached hydrogen (secondary N) is 1. The Morgan fingerprint density at radius 3 is 2.26 bits per heavy atom. The summed E-state index contributed by atoms with van der Waals surface area (Å²) in [5.74, 6) is -0.415. The van der Waals surface area contributed by atoms with Gasteiger partial charge < -0.3 is 15.8 Å². The van der Waals surface area contributed by atoms with Crippen molar-refractivity contribution in [1.29, 1.82) is 0 Å². The summed E-state index contributed by atoms with van der Waals surface area (Å²) >= 11 is 0. The lowest BCUT2D eigenvalue weighted by molar-refractivity contribution is -0.147. The number of methoxy groups -OCH3 is 1. The predicted molar refractivity (Wildman–Crippen MR) is 73.3 cm³/mol. The van der Waals surface area contributed by atoms with Gasteiger partial charge in [-0.3, -0.25) is 4.79 Å². The first-order chi connectivity index (χ1) is 8.97. The third-order valence-corrected chi connectivity index (χ3v) is 3.90. The highest BCUT2D eigenvalue weighted by Crippen LogP contribution is 2.27. The van der Waals surface area contributed by atoms with Gasteiger partial charge in [-0.2, -0.15) is 0 Å². The number of carbonyl (C=O) groups is 2. The molecule has 1 aliphatic rings. The van der Waals surface area contributed by atoms with E-state index >= 15 is 0 Å². The number of hydrogen-bond donors (Lipinski definition) is 2. The second-order valence-electron chi connectivity index (χ2n) is 5.68. The van der Waals surface area contributed by atoms with Crippen LogP contribution in [-0.2, 0) is 14.3 Å². The molecule has 5 nitrogen and oxygen atoms in total. The molecule has 1 amide bonds. The van der Waals surface area contributed by atoms with Gasteiger partial charge in [0.15, 0.2) is 0 Å². The minimum Gasteiger partial charge on any atom is -0.467 e. The quantitative estimate of drug-likeness (QED) is 0.736. The monoisotopic (exact) mass is 270 g/mol. The molecule has 1 aliphatic carbocycles. The van der Waals surface area contributed by atoms with Crippen LogP contribution in [0.3, 0.4) is 0 Å². The summed E-state index contributed by atoms with van der Waals surface area (Å²) in [5, 5.41) is 2.78. The molecule has 19 heavy (non-hydrogen) atoms. The highest BCUT2D eigenvalue weighted by molar-refractivity contribution is 5.87. The standard InChI is InChI=1S/C14H26N2O3/c1-9(2)11(15)13(17)16-12(14(18)19-3)10-7-5-4-6-8-10/h9-12H,4-8,15H2,1-3H3,(H,16,17)/t11?,12-/m0/s1. The molecule has 5 heteroatoms. The average molecular weight is 270 g/mol. The number of hydrogen-bond acceptors (Lipinski definition) is 4. The number of nitrogens with two attached hydrogens (primary N) is 1. The zero-order chi connectivity index (χ0) is 14.4. The molecule has 0 radical (unpaired) electrons. The molecule has 3 N–H and O–H groups in total. The van der Waals surface area contributed by atoms with Crippen LogP contribution in [0.2, 0.25) is 0 Å². The molecule has 1 unspecified atom stereocenters. The fraction of sp³-hybridized carbons (Fsp3) is 0.857. The molecule has 0 aromatic heterocycles. The van der Waals surface area contributed by atoms with Crippen LogP contribution in [0.15, 0.2) is 0 Å². The maximum atomic E-state index is 12.0. The van der Waals surface area contributed by atoms with Crippen molar-refractivity contribution in [2.75, 3.05) is 7.11 Å². The summed E-state index contributed by atoms with van der Waals surface area (Å²) in [6.07, 6.45) is 5.31. The Balaban J connectivity index is 2.69. The summed E-state index contributed by atoms with van der Waals surface area (Å²) < 4.78 is 4.81. The van der Waals surface area contributed by atoms with Gasteiger partial charge in [0.1, 0.15) is 6.04 Å². The number of esters is 1. The van der Waals surface area contributed by atoms with Gasteiger partial charge in [-0.1, -0.05) is 33.1 Å². The lowest BCUT2D eigenvalue weighted by atomic mass is 9.83. The van der Waals surface area contributed by atoms with Gasteiger partial charge in [0.2, 0.25) is 5.91 Å². The number of amides is 1. The largest absolute Gasteiger partial charge is 0.467 e. The molecule has 2 atom stereocenters. The van der Waals surface area contributed by atoms with Crippen LogP contribution in [0.4, 0.5) is 0 Å². The number of rotatable bonds is 5. The molecule has 1 fully saturated rings. The molecule has 0 bridgehead atoms. The molecular weight excluding hydrogens is 244 g/mol. The minimum atomic E-state index is -0.587. The molecule has 0 heterocycles. The molecule has 0 aliphatic heterocycles. The topological polar surface area (TPSA) is 81.4 Å². The summed E-state index contributed by atoms with van der Waals surface area (Å²) in [7, 11) is 1.35. The third kappa shape index (κ3) is 4.49. The summed E-state index contributed by atoms with van der Waals surface area (Å²) in [4.78, 5) is 23.9. The third-order valence-electron chi connectivity index (χ3n) is 3.90. The van der Waals surface area contributed by atoms with Gasteiger partial charge >= 0.3 is 5.97 Å². The Labute approximate surface area is 115 Å². The van der Waals surface area contributed by atoms with E-state index in [2.05, 4.69) is 5.32 Å². The zero-order valence-electron chi connectivity index (χ0n) is 12.1. The normalized spacial score (nSPS) is 19.8. The van der Waals surface area contributed by atoms with Crippen molar-refractivity contribution in [2.45, 2.75) is 58.0 Å². The first-order valence-corrected chi connectivity index (χ1v) is 7.11. The highest BCUT2D eigenvalue weighted by Gasteiger charge is 2.33. The summed E-state index contributed by atoms with van der Waals surface area (Å²) in [6, 6.07) is -1.14. The van der Waals surface area contributed by atoms with Crippen molar-refractivity contribution < 1.29 is 14.3 Å². The van der Waals surface area contributed by atoms with Crippen LogP contribution >= 0.6 is 0 Å². The van der Waals surface area contributed by atoms with Gasteiger partial charge in [-0.15, -0.1) is 0 Å². The van der Waals surface area contributed by atoms with Crippen LogP contribution in [0.5, 0.6) is 0 Å². The van der Waals surface area contributed by atoms with E-state index in [1.54, 1.807) is 0 Å². The van der Waals surface area contributed by atoms with Crippen LogP contribution in [0.1, 0.15) is 46.0 Å². The summed E-state index contributed by atoms with van der Waals surface area (Å²) in [5.41, 5.74) is 5.82. The Hall–Kier alpha value is -1.10. The van der Waals surface area contributed by atoms with E-state index in [0.29, 0.717) is 0 Å². The fourth-order valence-corrected chi connectivity index (χ4v) is 2.52. The molecule has 1 saturated carbocycles. The van der Waals surface area contributed by atoms with Crippen molar-refractivity contribution in [3.8, 4) is 0 Å². The van der Waals surface area contributed by atoms with Crippen molar-refractivity contribution in [2.24, 2.45) is 17.6 Å². The highest BCUT2D eigenvalue weighted by atomic mass is 16.5. The Bertz CT molecular complexity index is 312. The van der Waals surface area contributed by atoms with Crippen molar-refractivity contribution in [1.82, 2.24) is 5.32 Å². The molecular formula is C14H26N2O3. The lowest BCUT2D eigenvalue weighted by Crippen LogP contribution is -2.53. The van der Waals surface area contributed by atoms with E-state index in [1.807, 2.05) is 13.8 Å². The van der Waals surface area contributed by atoms with Crippen LogP contribution in [0.25, 0.3) is 0 Å². The van der Waals surface area contributed by atoms with E-state index in [4.69, 9.17) is 10.5 Å². The Kier molecular flexibility index (Phi) is 6.28. The van der Waals surface area contributed by atoms with E-state index < -0.39 is 12.1 Å². The molecule has 0 spiro atoms. The van der Waals surface area contributed by atoms with Crippen molar-refractivity contribution >= 4 is 11.9 Å². The van der Waals surface area contributed by atoms with Gasteiger partial charge in [0.05, 0.1) is 13.2 Å². The van der Waals surface area contributed by atoms with E-state index in [0.717, 1.165) is 25.7 Å². The second kappa shape index (κ2) is 7.48. The fourth-order valence-electron chi connectivity index (χ4n) is 2.52. The molecule has 0 aromatic rings. The summed E-state index contributed by atoms with van der Waals surface area (Å²) in [6.45, 7) is 3.77. The van der Waals surface area contributed by atoms with Gasteiger partial charge in [-0.05, 0) is 24.7 Å². The molecule has 110 valence electrons. The van der Waals surface area contributed by atoms with Crippen molar-refractivity contribution in [3.63, 3.8) is 0 Å². The van der Waals surface area contributed by atoms with Crippen LogP contribution in [0, 0.1) is 11.8 Å². The predicted octanol–water partition coefficient (Wildman–Crippen LogP) is 1.21. The Morgan fingerprint density at radius 2 is 1.79 bits per heavy atom. The molecule has 1 rings (SSSR count). The minimum absolute atomic E-state index is 0.0460. The van der Waals surface area contributed by atoms with Gasteiger partial charge in [-0.25, -0.2) is 4.79 Å². The average Bonchev–Trinajstić information content (AvgIpc) is 2.43. The smallest absolute Gasteiger partial charge is 0.328 e. The van der Waals surface area contributed by atoms with E-state index in [9.17, 15) is 9.59 Å². The van der Waals surface area contributed by atoms with Crippen molar-refractivity contribution in [3.05, 3.63) is 0 Å². The van der Waals surface area contributed by atoms with Crippen LogP contribution in [-0.4, -0.2) is 31.1 Å². The van der Waals surface area contributed by atoms with Gasteiger partial charge in [0.25, 0.3) is 0 Å². The number of carbonyl (C=O) groups excluding carboxylic acids is 2. The maximum absolute atomic E-state index is 12.0. The Morgan fingerprint density at radius 1 is 1.21 bits per heavy atom. The van der Waals surface area contributed by atoms with Crippen LogP contribution < -0.4 is 11.1 Å². The van der Waals surface area contributed by atoms with E-state index in [1.165, 1.54) is 13.5 Å². The molecule has 0 saturated heterocycles. The maximum Gasteiger partial charge on any atom is 0.328 e. The second-order valence-corrected chi connectivity index (χ2v) is 5.68. The lowest BCUT2D eigenvalue weighted by Gasteiger charge is -2.30. The number of ether oxygens (including phenoxy) is 1. The molecule has 0 aromatic carbocycles. The first kappa shape index (κ1) is 16.0. The first-order valence-electron chi connectivity index (χ1n) is 7.11. The zero-order valence-corrected chi connectivity index (χ0v) is 12.1. The van der Waals surface area contributed by atoms with Gasteiger partial charge in [0, 0.05) is 0 Å². The van der Waals surface area contributed by atoms with E-state index in [-0.39, 0.29) is 23.7 Å². The SMILES string of the molecule is COC(=O)[C@@H](NC(=O)C(N)C(C)C)C1CCCCC1.